The van der Waals surface area contributed by atoms with E-state index in [1.807, 2.05) is 31.2 Å². The van der Waals surface area contributed by atoms with Crippen molar-refractivity contribution < 1.29 is 4.74 Å². The number of aromatic amines is 1. The smallest absolute Gasteiger partial charge is 0.143 e. The summed E-state index contributed by atoms with van der Waals surface area (Å²) in [6.45, 7) is 5.06. The van der Waals surface area contributed by atoms with Crippen molar-refractivity contribution in [3.63, 3.8) is 0 Å². The van der Waals surface area contributed by atoms with E-state index in [-0.39, 0.29) is 0 Å². The Morgan fingerprint density at radius 2 is 2.08 bits per heavy atom. The summed E-state index contributed by atoms with van der Waals surface area (Å²) in [5.41, 5.74) is 4.55. The van der Waals surface area contributed by atoms with Crippen LogP contribution in [0.2, 0.25) is 0 Å². The summed E-state index contributed by atoms with van der Waals surface area (Å²) in [5, 5.41) is 10.2. The molecule has 6 heteroatoms. The van der Waals surface area contributed by atoms with Gasteiger partial charge in [0.1, 0.15) is 17.8 Å². The minimum Gasteiger partial charge on any atom is -0.378 e. The normalized spacial score (nSPS) is 14.8. The van der Waals surface area contributed by atoms with Crippen LogP contribution in [0.3, 0.4) is 0 Å². The Balaban J connectivity index is 1.94. The average molecular weight is 319 g/mol. The van der Waals surface area contributed by atoms with Crippen molar-refractivity contribution in [2.75, 3.05) is 31.2 Å². The molecule has 1 aliphatic heterocycles. The molecule has 0 atom stereocenters. The molecule has 24 heavy (non-hydrogen) atoms. The lowest BCUT2D eigenvalue weighted by Gasteiger charge is -2.28. The van der Waals surface area contributed by atoms with Crippen LogP contribution in [0, 0.1) is 18.3 Å². The molecule has 0 unspecified atom stereocenters. The predicted octanol–water partition coefficient (Wildman–Crippen LogP) is 2.64. The van der Waals surface area contributed by atoms with Gasteiger partial charge in [-0.05, 0) is 24.6 Å². The molecular formula is C18H17N5O. The highest BCUT2D eigenvalue weighted by atomic mass is 16.5. The second-order valence-electron chi connectivity index (χ2n) is 5.84. The number of benzene rings is 1. The molecule has 3 heterocycles. The monoisotopic (exact) mass is 319 g/mol. The number of fused-ring (bicyclic) bond motifs is 1. The SMILES string of the molecule is Cc1[nH]c2ncnc(N3CCOCC3)c2c1-c1cccc(C#N)c1. The van der Waals surface area contributed by atoms with Crippen LogP contribution in [0.1, 0.15) is 11.3 Å². The van der Waals surface area contributed by atoms with Crippen molar-refractivity contribution >= 4 is 16.9 Å². The van der Waals surface area contributed by atoms with Gasteiger partial charge in [0.25, 0.3) is 0 Å². The largest absolute Gasteiger partial charge is 0.378 e. The summed E-state index contributed by atoms with van der Waals surface area (Å²) in [6, 6.07) is 9.85. The summed E-state index contributed by atoms with van der Waals surface area (Å²) >= 11 is 0. The van der Waals surface area contributed by atoms with E-state index in [4.69, 9.17) is 4.74 Å². The number of anilines is 1. The zero-order chi connectivity index (χ0) is 16.5. The Morgan fingerprint density at radius 3 is 2.88 bits per heavy atom. The number of ether oxygens (including phenoxy) is 1. The average Bonchev–Trinajstić information content (AvgIpc) is 2.98. The first-order valence-electron chi connectivity index (χ1n) is 7.94. The number of rotatable bonds is 2. The fourth-order valence-electron chi connectivity index (χ4n) is 3.25. The number of nitriles is 1. The van der Waals surface area contributed by atoms with E-state index in [2.05, 4.69) is 25.9 Å². The summed E-state index contributed by atoms with van der Waals surface area (Å²) in [4.78, 5) is 14.5. The number of hydrogen-bond donors (Lipinski definition) is 1. The maximum Gasteiger partial charge on any atom is 0.143 e. The van der Waals surface area contributed by atoms with Gasteiger partial charge in [-0.3, -0.25) is 0 Å². The van der Waals surface area contributed by atoms with Crippen LogP contribution >= 0.6 is 0 Å². The predicted molar refractivity (Wildman–Crippen MR) is 91.8 cm³/mol. The third-order valence-electron chi connectivity index (χ3n) is 4.35. The third kappa shape index (κ3) is 2.39. The number of nitrogens with one attached hydrogen (secondary N) is 1. The Kier molecular flexibility index (Phi) is 3.63. The molecule has 2 aromatic heterocycles. The molecule has 0 aliphatic carbocycles. The van der Waals surface area contributed by atoms with E-state index in [0.29, 0.717) is 18.8 Å². The van der Waals surface area contributed by atoms with Gasteiger partial charge >= 0.3 is 0 Å². The molecule has 1 aliphatic rings. The van der Waals surface area contributed by atoms with Crippen molar-refractivity contribution in [1.29, 1.82) is 5.26 Å². The summed E-state index contributed by atoms with van der Waals surface area (Å²) in [7, 11) is 0. The van der Waals surface area contributed by atoms with Crippen molar-refractivity contribution in [1.82, 2.24) is 15.0 Å². The summed E-state index contributed by atoms with van der Waals surface area (Å²) < 4.78 is 5.45. The van der Waals surface area contributed by atoms with Crippen LogP contribution in [0.15, 0.2) is 30.6 Å². The topological polar surface area (TPSA) is 77.8 Å². The lowest BCUT2D eigenvalue weighted by Crippen LogP contribution is -2.36. The fourth-order valence-corrected chi connectivity index (χ4v) is 3.25. The van der Waals surface area contributed by atoms with Gasteiger partial charge in [0.2, 0.25) is 0 Å². The first kappa shape index (κ1) is 14.7. The van der Waals surface area contributed by atoms with Crippen molar-refractivity contribution in [2.24, 2.45) is 0 Å². The zero-order valence-electron chi connectivity index (χ0n) is 13.4. The highest BCUT2D eigenvalue weighted by Crippen LogP contribution is 2.36. The van der Waals surface area contributed by atoms with E-state index in [1.54, 1.807) is 6.33 Å². The molecule has 1 N–H and O–H groups in total. The second-order valence-corrected chi connectivity index (χ2v) is 5.84. The van der Waals surface area contributed by atoms with Gasteiger partial charge in [-0.25, -0.2) is 9.97 Å². The van der Waals surface area contributed by atoms with Gasteiger partial charge in [0.15, 0.2) is 0 Å². The number of aryl methyl sites for hydroxylation is 1. The van der Waals surface area contributed by atoms with E-state index >= 15 is 0 Å². The number of morpholine rings is 1. The number of aromatic nitrogens is 3. The van der Waals surface area contributed by atoms with Crippen LogP contribution in [0.5, 0.6) is 0 Å². The number of nitrogens with zero attached hydrogens (tertiary/aromatic N) is 4. The van der Waals surface area contributed by atoms with E-state index in [0.717, 1.165) is 46.8 Å². The van der Waals surface area contributed by atoms with Crippen LogP contribution in [0.4, 0.5) is 5.82 Å². The van der Waals surface area contributed by atoms with Crippen LogP contribution in [-0.2, 0) is 4.74 Å². The van der Waals surface area contributed by atoms with E-state index < -0.39 is 0 Å². The minimum atomic E-state index is 0.644. The number of hydrogen-bond acceptors (Lipinski definition) is 5. The van der Waals surface area contributed by atoms with Gasteiger partial charge in [0.05, 0.1) is 30.2 Å². The van der Waals surface area contributed by atoms with Crippen LogP contribution in [-0.4, -0.2) is 41.3 Å². The highest BCUT2D eigenvalue weighted by molar-refractivity contribution is 6.02. The molecular weight excluding hydrogens is 302 g/mol. The quantitative estimate of drug-likeness (QED) is 0.785. The minimum absolute atomic E-state index is 0.644. The van der Waals surface area contributed by atoms with Gasteiger partial charge in [-0.15, -0.1) is 0 Å². The fraction of sp³-hybridized carbons (Fsp3) is 0.278. The van der Waals surface area contributed by atoms with Crippen LogP contribution in [0.25, 0.3) is 22.2 Å². The zero-order valence-corrected chi connectivity index (χ0v) is 13.4. The number of H-pyrrole nitrogens is 1. The third-order valence-corrected chi connectivity index (χ3v) is 4.35. The lowest BCUT2D eigenvalue weighted by atomic mass is 10.0. The van der Waals surface area contributed by atoms with Gasteiger partial charge in [-0.2, -0.15) is 5.26 Å². The van der Waals surface area contributed by atoms with Gasteiger partial charge in [0, 0.05) is 24.3 Å². The molecule has 0 spiro atoms. The molecule has 3 aromatic rings. The second kappa shape index (κ2) is 5.95. The summed E-state index contributed by atoms with van der Waals surface area (Å²) in [6.07, 6.45) is 1.60. The molecule has 1 fully saturated rings. The maximum atomic E-state index is 9.20. The molecule has 0 radical (unpaired) electrons. The molecule has 6 nitrogen and oxygen atoms in total. The Hall–Kier alpha value is -2.91. The molecule has 4 rings (SSSR count). The molecule has 0 saturated carbocycles. The van der Waals surface area contributed by atoms with Crippen molar-refractivity contribution in [2.45, 2.75) is 6.92 Å². The Morgan fingerprint density at radius 1 is 1.25 bits per heavy atom. The molecule has 1 saturated heterocycles. The highest BCUT2D eigenvalue weighted by Gasteiger charge is 2.21. The Bertz CT molecular complexity index is 934. The van der Waals surface area contributed by atoms with E-state index in [1.165, 1.54) is 0 Å². The van der Waals surface area contributed by atoms with Crippen LogP contribution < -0.4 is 4.90 Å². The standard InChI is InChI=1S/C18H17N5O/c1-12-15(14-4-2-3-13(9-14)10-19)16-17(22-12)20-11-21-18(16)23-5-7-24-8-6-23/h2-4,9,11H,5-8H2,1H3,(H,20,21,22). The maximum absolute atomic E-state index is 9.20. The first-order chi connectivity index (χ1) is 11.8. The van der Waals surface area contributed by atoms with Crippen molar-refractivity contribution in [3.05, 3.63) is 41.9 Å². The molecule has 120 valence electrons. The molecule has 0 bridgehead atoms. The molecule has 1 aromatic carbocycles. The molecule has 0 amide bonds. The summed E-state index contributed by atoms with van der Waals surface area (Å²) in [5.74, 6) is 0.921. The lowest BCUT2D eigenvalue weighted by molar-refractivity contribution is 0.122. The Labute approximate surface area is 139 Å². The van der Waals surface area contributed by atoms with Gasteiger partial charge < -0.3 is 14.6 Å². The van der Waals surface area contributed by atoms with Crippen molar-refractivity contribution in [3.8, 4) is 17.2 Å². The van der Waals surface area contributed by atoms with Gasteiger partial charge in [-0.1, -0.05) is 12.1 Å². The van der Waals surface area contributed by atoms with E-state index in [9.17, 15) is 5.26 Å². The first-order valence-corrected chi connectivity index (χ1v) is 7.94.